The van der Waals surface area contributed by atoms with E-state index in [0.29, 0.717) is 23.6 Å². The molecule has 0 radical (unpaired) electrons. The molecule has 26 heavy (non-hydrogen) atoms. The van der Waals surface area contributed by atoms with Gasteiger partial charge in [0.25, 0.3) is 0 Å². The molecule has 0 spiro atoms. The highest BCUT2D eigenvalue weighted by molar-refractivity contribution is 5.92. The summed E-state index contributed by atoms with van der Waals surface area (Å²) in [6.45, 7) is 6.22. The van der Waals surface area contributed by atoms with Crippen molar-refractivity contribution >= 4 is 11.6 Å². The Morgan fingerprint density at radius 1 is 1.08 bits per heavy atom. The van der Waals surface area contributed by atoms with Gasteiger partial charge in [-0.15, -0.1) is 0 Å². The third-order valence-electron chi connectivity index (χ3n) is 4.36. The smallest absolute Gasteiger partial charge is 0.226 e. The number of hydrogen-bond donors (Lipinski definition) is 2. The normalized spacial score (nSPS) is 13.0. The number of methoxy groups -OCH3 is 2. The Labute approximate surface area is 155 Å². The molecule has 0 aliphatic rings. The molecule has 0 aliphatic heterocycles. The minimum atomic E-state index is -0.0754. The fraction of sp³-hybridized carbons (Fsp3) is 0.381. The van der Waals surface area contributed by atoms with Crippen LogP contribution in [-0.4, -0.2) is 26.2 Å². The summed E-state index contributed by atoms with van der Waals surface area (Å²) in [6, 6.07) is 13.8. The van der Waals surface area contributed by atoms with Gasteiger partial charge in [-0.1, -0.05) is 24.3 Å². The van der Waals surface area contributed by atoms with Crippen molar-refractivity contribution in [3.05, 3.63) is 53.6 Å². The molecule has 0 heterocycles. The van der Waals surface area contributed by atoms with E-state index in [2.05, 4.69) is 36.6 Å². The standard InChI is InChI=1S/C21H28N2O3/c1-14-8-6-7-9-18(14)16(3)22-15(2)12-21(24)23-19-13-17(25-4)10-11-20(19)26-5/h6-11,13,15-16,22H,12H2,1-5H3,(H,23,24). The molecular weight excluding hydrogens is 328 g/mol. The molecule has 0 saturated heterocycles. The van der Waals surface area contributed by atoms with Crippen molar-refractivity contribution in [2.24, 2.45) is 0 Å². The van der Waals surface area contributed by atoms with Gasteiger partial charge >= 0.3 is 0 Å². The van der Waals surface area contributed by atoms with E-state index in [4.69, 9.17) is 9.47 Å². The Balaban J connectivity index is 1.96. The number of nitrogens with one attached hydrogen (secondary N) is 2. The number of carbonyl (C=O) groups excluding carboxylic acids is 1. The van der Waals surface area contributed by atoms with Gasteiger partial charge in [-0.3, -0.25) is 4.79 Å². The lowest BCUT2D eigenvalue weighted by atomic mass is 10.0. The minimum Gasteiger partial charge on any atom is -0.497 e. The highest BCUT2D eigenvalue weighted by Gasteiger charge is 2.15. The van der Waals surface area contributed by atoms with Gasteiger partial charge in [-0.25, -0.2) is 0 Å². The first-order valence-electron chi connectivity index (χ1n) is 8.78. The van der Waals surface area contributed by atoms with Crippen molar-refractivity contribution in [1.29, 1.82) is 0 Å². The molecule has 0 fully saturated rings. The van der Waals surface area contributed by atoms with Crippen LogP contribution in [0.5, 0.6) is 11.5 Å². The van der Waals surface area contributed by atoms with Crippen LogP contribution >= 0.6 is 0 Å². The summed E-state index contributed by atoms with van der Waals surface area (Å²) in [5, 5.41) is 6.40. The molecule has 5 heteroatoms. The Hall–Kier alpha value is -2.53. The molecule has 2 N–H and O–H groups in total. The number of anilines is 1. The van der Waals surface area contributed by atoms with Crippen molar-refractivity contribution in [2.45, 2.75) is 39.3 Å². The SMILES string of the molecule is COc1ccc(OC)c(NC(=O)CC(C)NC(C)c2ccccc2C)c1. The zero-order chi connectivity index (χ0) is 19.1. The second-order valence-electron chi connectivity index (χ2n) is 6.46. The van der Waals surface area contributed by atoms with E-state index in [0.717, 1.165) is 0 Å². The maximum absolute atomic E-state index is 12.4. The Morgan fingerprint density at radius 2 is 1.81 bits per heavy atom. The Morgan fingerprint density at radius 3 is 2.46 bits per heavy atom. The number of carbonyl (C=O) groups is 1. The van der Waals surface area contributed by atoms with Gasteiger partial charge in [-0.05, 0) is 44.0 Å². The van der Waals surface area contributed by atoms with E-state index < -0.39 is 0 Å². The first-order valence-corrected chi connectivity index (χ1v) is 8.78. The van der Waals surface area contributed by atoms with E-state index in [-0.39, 0.29) is 18.0 Å². The van der Waals surface area contributed by atoms with Crippen molar-refractivity contribution < 1.29 is 14.3 Å². The lowest BCUT2D eigenvalue weighted by Gasteiger charge is -2.21. The molecule has 140 valence electrons. The van der Waals surface area contributed by atoms with Crippen LogP contribution in [0.4, 0.5) is 5.69 Å². The van der Waals surface area contributed by atoms with Crippen LogP contribution in [0.15, 0.2) is 42.5 Å². The van der Waals surface area contributed by atoms with Crippen LogP contribution in [0.1, 0.15) is 37.4 Å². The monoisotopic (exact) mass is 356 g/mol. The number of benzene rings is 2. The van der Waals surface area contributed by atoms with Gasteiger partial charge in [0.05, 0.1) is 19.9 Å². The summed E-state index contributed by atoms with van der Waals surface area (Å²) in [4.78, 5) is 12.4. The Bertz CT molecular complexity index is 746. The van der Waals surface area contributed by atoms with Gasteiger partial charge in [-0.2, -0.15) is 0 Å². The van der Waals surface area contributed by atoms with E-state index >= 15 is 0 Å². The first-order chi connectivity index (χ1) is 12.4. The van der Waals surface area contributed by atoms with Crippen molar-refractivity contribution in [3.8, 4) is 11.5 Å². The summed E-state index contributed by atoms with van der Waals surface area (Å²) in [7, 11) is 3.16. The number of amides is 1. The second-order valence-corrected chi connectivity index (χ2v) is 6.46. The topological polar surface area (TPSA) is 59.6 Å². The van der Waals surface area contributed by atoms with Crippen molar-refractivity contribution in [3.63, 3.8) is 0 Å². The lowest BCUT2D eigenvalue weighted by Crippen LogP contribution is -2.33. The van der Waals surface area contributed by atoms with E-state index in [1.165, 1.54) is 11.1 Å². The number of rotatable bonds is 8. The molecule has 1 amide bonds. The fourth-order valence-electron chi connectivity index (χ4n) is 3.04. The fourth-order valence-corrected chi connectivity index (χ4v) is 3.04. The van der Waals surface area contributed by atoms with Gasteiger partial charge in [0.1, 0.15) is 11.5 Å². The molecule has 2 rings (SSSR count). The molecule has 0 saturated carbocycles. The Kier molecular flexibility index (Phi) is 7.04. The van der Waals surface area contributed by atoms with E-state index in [1.807, 2.05) is 19.1 Å². The van der Waals surface area contributed by atoms with Gasteiger partial charge in [0, 0.05) is 24.6 Å². The average molecular weight is 356 g/mol. The third-order valence-corrected chi connectivity index (χ3v) is 4.36. The van der Waals surface area contributed by atoms with Gasteiger partial charge in [0.2, 0.25) is 5.91 Å². The van der Waals surface area contributed by atoms with Gasteiger partial charge in [0.15, 0.2) is 0 Å². The maximum Gasteiger partial charge on any atom is 0.226 e. The third kappa shape index (κ3) is 5.23. The molecule has 2 aromatic carbocycles. The summed E-state index contributed by atoms with van der Waals surface area (Å²) in [5.74, 6) is 1.20. The van der Waals surface area contributed by atoms with Crippen LogP contribution in [0.3, 0.4) is 0 Å². The van der Waals surface area contributed by atoms with Crippen LogP contribution in [0, 0.1) is 6.92 Å². The molecular formula is C21H28N2O3. The lowest BCUT2D eigenvalue weighted by molar-refractivity contribution is -0.116. The van der Waals surface area contributed by atoms with Crippen LogP contribution in [0.25, 0.3) is 0 Å². The summed E-state index contributed by atoms with van der Waals surface area (Å²) >= 11 is 0. The molecule has 2 unspecified atom stereocenters. The van der Waals surface area contributed by atoms with Crippen LogP contribution < -0.4 is 20.1 Å². The largest absolute Gasteiger partial charge is 0.497 e. The van der Waals surface area contributed by atoms with Crippen molar-refractivity contribution in [1.82, 2.24) is 5.32 Å². The number of hydrogen-bond acceptors (Lipinski definition) is 4. The average Bonchev–Trinajstić information content (AvgIpc) is 2.61. The summed E-state index contributed by atoms with van der Waals surface area (Å²) in [5.41, 5.74) is 3.09. The zero-order valence-corrected chi connectivity index (χ0v) is 16.1. The van der Waals surface area contributed by atoms with Gasteiger partial charge < -0.3 is 20.1 Å². The zero-order valence-electron chi connectivity index (χ0n) is 16.1. The molecule has 0 aliphatic carbocycles. The van der Waals surface area contributed by atoms with E-state index in [9.17, 15) is 4.79 Å². The minimum absolute atomic E-state index is 0.0289. The van der Waals surface area contributed by atoms with Crippen molar-refractivity contribution in [2.75, 3.05) is 19.5 Å². The van der Waals surface area contributed by atoms with E-state index in [1.54, 1.807) is 32.4 Å². The van der Waals surface area contributed by atoms with Crippen LogP contribution in [0.2, 0.25) is 0 Å². The first kappa shape index (κ1) is 19.8. The van der Waals surface area contributed by atoms with Crippen LogP contribution in [-0.2, 0) is 4.79 Å². The summed E-state index contributed by atoms with van der Waals surface area (Å²) < 4.78 is 10.5. The molecule has 5 nitrogen and oxygen atoms in total. The number of aryl methyl sites for hydroxylation is 1. The summed E-state index contributed by atoms with van der Waals surface area (Å²) in [6.07, 6.45) is 0.358. The second kappa shape index (κ2) is 9.25. The predicted octanol–water partition coefficient (Wildman–Crippen LogP) is 4.08. The molecule has 0 aromatic heterocycles. The quantitative estimate of drug-likeness (QED) is 0.748. The highest BCUT2D eigenvalue weighted by atomic mass is 16.5. The maximum atomic E-state index is 12.4. The molecule has 0 bridgehead atoms. The predicted molar refractivity (Wildman–Crippen MR) is 105 cm³/mol. The molecule has 2 atom stereocenters. The number of ether oxygens (including phenoxy) is 2. The highest BCUT2D eigenvalue weighted by Crippen LogP contribution is 2.29. The molecule has 2 aromatic rings.